The van der Waals surface area contributed by atoms with Crippen molar-refractivity contribution in [3.8, 4) is 11.8 Å². The molecule has 0 N–H and O–H groups in total. The molecule has 3 rings (SSSR count). The lowest BCUT2D eigenvalue weighted by Crippen LogP contribution is -2.06. The Bertz CT molecular complexity index is 811. The van der Waals surface area contributed by atoms with Crippen LogP contribution in [0.25, 0.3) is 0 Å². The minimum absolute atomic E-state index is 0.536. The zero-order valence-electron chi connectivity index (χ0n) is 12.9. The van der Waals surface area contributed by atoms with E-state index in [0.717, 1.165) is 22.2 Å². The number of ether oxygens (including phenoxy) is 1. The number of nitriles is 1. The molecule has 0 saturated heterocycles. The molecule has 0 saturated carbocycles. The maximum Gasteiger partial charge on any atom is 0.209 e. The molecule has 120 valence electrons. The van der Waals surface area contributed by atoms with E-state index in [9.17, 15) is 0 Å². The van der Waals surface area contributed by atoms with Crippen molar-refractivity contribution in [1.82, 2.24) is 20.2 Å². The summed E-state index contributed by atoms with van der Waals surface area (Å²) in [6.07, 6.45) is 0. The second kappa shape index (κ2) is 8.13. The first-order chi connectivity index (χ1) is 11.8. The van der Waals surface area contributed by atoms with E-state index in [1.165, 1.54) is 0 Å². The first kappa shape index (κ1) is 16.0. The van der Waals surface area contributed by atoms with Crippen molar-refractivity contribution < 1.29 is 4.74 Å². The van der Waals surface area contributed by atoms with Crippen LogP contribution in [0.3, 0.4) is 0 Å². The van der Waals surface area contributed by atoms with Crippen molar-refractivity contribution in [1.29, 1.82) is 5.26 Å². The van der Waals surface area contributed by atoms with E-state index in [0.29, 0.717) is 18.7 Å². The number of hydrogen-bond donors (Lipinski definition) is 0. The lowest BCUT2D eigenvalue weighted by atomic mass is 10.2. The third-order valence-electron chi connectivity index (χ3n) is 3.24. The van der Waals surface area contributed by atoms with Gasteiger partial charge in [-0.25, -0.2) is 4.68 Å². The van der Waals surface area contributed by atoms with Gasteiger partial charge in [0.1, 0.15) is 5.75 Å². The van der Waals surface area contributed by atoms with E-state index in [1.807, 2.05) is 30.3 Å². The van der Waals surface area contributed by atoms with Crippen LogP contribution in [-0.4, -0.2) is 32.6 Å². The Morgan fingerprint density at radius 2 is 1.88 bits per heavy atom. The Balaban J connectivity index is 1.49. The van der Waals surface area contributed by atoms with Gasteiger partial charge in [0, 0.05) is 5.75 Å². The summed E-state index contributed by atoms with van der Waals surface area (Å²) in [7, 11) is 0. The predicted molar refractivity (Wildman–Crippen MR) is 90.7 cm³/mol. The van der Waals surface area contributed by atoms with Crippen molar-refractivity contribution in [3.63, 3.8) is 0 Å². The van der Waals surface area contributed by atoms with Gasteiger partial charge in [-0.3, -0.25) is 0 Å². The first-order valence-corrected chi connectivity index (χ1v) is 8.39. The number of nitrogens with zero attached hydrogens (tertiary/aromatic N) is 5. The molecule has 0 spiro atoms. The van der Waals surface area contributed by atoms with E-state index in [-0.39, 0.29) is 0 Å². The summed E-state index contributed by atoms with van der Waals surface area (Å²) >= 11 is 1.55. The third-order valence-corrected chi connectivity index (χ3v) is 4.16. The molecule has 0 radical (unpaired) electrons. The summed E-state index contributed by atoms with van der Waals surface area (Å²) in [5, 5.41) is 21.4. The summed E-state index contributed by atoms with van der Waals surface area (Å²) < 4.78 is 7.43. The van der Waals surface area contributed by atoms with Crippen LogP contribution in [0.2, 0.25) is 0 Å². The van der Waals surface area contributed by atoms with Gasteiger partial charge in [0.15, 0.2) is 0 Å². The molecule has 7 heteroatoms. The van der Waals surface area contributed by atoms with E-state index in [4.69, 9.17) is 10.00 Å². The van der Waals surface area contributed by atoms with Crippen LogP contribution in [0.4, 0.5) is 0 Å². The quantitative estimate of drug-likeness (QED) is 0.487. The van der Waals surface area contributed by atoms with Gasteiger partial charge in [0.05, 0.1) is 24.8 Å². The van der Waals surface area contributed by atoms with Gasteiger partial charge in [-0.05, 0) is 40.3 Å². The molecule has 0 amide bonds. The second-order valence-electron chi connectivity index (χ2n) is 4.94. The summed E-state index contributed by atoms with van der Waals surface area (Å²) in [5.74, 6) is 1.48. The van der Waals surface area contributed by atoms with Crippen LogP contribution in [-0.2, 0) is 6.54 Å². The lowest BCUT2D eigenvalue weighted by Gasteiger charge is -2.06. The maximum absolute atomic E-state index is 8.76. The molecular weight excluding hydrogens is 322 g/mol. The minimum atomic E-state index is 0.536. The summed E-state index contributed by atoms with van der Waals surface area (Å²) in [6, 6.07) is 19.2. The summed E-state index contributed by atoms with van der Waals surface area (Å²) in [5.41, 5.74) is 1.78. The fourth-order valence-corrected chi connectivity index (χ4v) is 2.77. The number of aromatic nitrogens is 4. The molecule has 0 aliphatic carbocycles. The average molecular weight is 337 g/mol. The highest BCUT2D eigenvalue weighted by Crippen LogP contribution is 2.16. The molecule has 0 unspecified atom stereocenters. The molecule has 3 aromatic rings. The van der Waals surface area contributed by atoms with Crippen LogP contribution in [0.15, 0.2) is 59.8 Å². The molecule has 0 fully saturated rings. The standard InChI is InChI=1S/C17H15N5OS/c18-12-14-6-8-16(9-7-14)23-10-11-24-17-19-20-21-22(17)13-15-4-2-1-3-5-15/h1-9H,10-11,13H2. The smallest absolute Gasteiger partial charge is 0.209 e. The van der Waals surface area contributed by atoms with E-state index >= 15 is 0 Å². The molecule has 2 aromatic carbocycles. The highest BCUT2D eigenvalue weighted by molar-refractivity contribution is 7.99. The second-order valence-corrected chi connectivity index (χ2v) is 6.00. The molecule has 0 atom stereocenters. The van der Waals surface area contributed by atoms with Crippen molar-refractivity contribution in [2.24, 2.45) is 0 Å². The van der Waals surface area contributed by atoms with Gasteiger partial charge >= 0.3 is 0 Å². The Labute approximate surface area is 144 Å². The Kier molecular flexibility index (Phi) is 5.43. The van der Waals surface area contributed by atoms with Gasteiger partial charge in [-0.1, -0.05) is 42.1 Å². The Hall–Kier alpha value is -2.85. The Morgan fingerprint density at radius 3 is 2.62 bits per heavy atom. The highest BCUT2D eigenvalue weighted by Gasteiger charge is 2.07. The zero-order valence-corrected chi connectivity index (χ0v) is 13.7. The molecule has 24 heavy (non-hydrogen) atoms. The number of thioether (sulfide) groups is 1. The third kappa shape index (κ3) is 4.33. The zero-order chi connectivity index (χ0) is 16.6. The van der Waals surface area contributed by atoms with Gasteiger partial charge in [-0.15, -0.1) is 5.10 Å². The van der Waals surface area contributed by atoms with Gasteiger partial charge in [-0.2, -0.15) is 5.26 Å². The van der Waals surface area contributed by atoms with Crippen LogP contribution in [0, 0.1) is 11.3 Å². The van der Waals surface area contributed by atoms with Crippen molar-refractivity contribution in [2.45, 2.75) is 11.7 Å². The maximum atomic E-state index is 8.76. The fraction of sp³-hybridized carbons (Fsp3) is 0.176. The molecule has 0 aliphatic rings. The molecule has 1 heterocycles. The molecule has 6 nitrogen and oxygen atoms in total. The summed E-state index contributed by atoms with van der Waals surface area (Å²) in [4.78, 5) is 0. The van der Waals surface area contributed by atoms with Crippen LogP contribution in [0.5, 0.6) is 5.75 Å². The van der Waals surface area contributed by atoms with Crippen LogP contribution >= 0.6 is 11.8 Å². The average Bonchev–Trinajstić information content (AvgIpc) is 3.07. The largest absolute Gasteiger partial charge is 0.493 e. The van der Waals surface area contributed by atoms with Gasteiger partial charge in [0.2, 0.25) is 5.16 Å². The minimum Gasteiger partial charge on any atom is -0.493 e. The molecule has 0 aliphatic heterocycles. The van der Waals surface area contributed by atoms with Crippen LogP contribution in [0.1, 0.15) is 11.1 Å². The molecular formula is C17H15N5OS. The monoisotopic (exact) mass is 337 g/mol. The van der Waals surface area contributed by atoms with Crippen molar-refractivity contribution in [2.75, 3.05) is 12.4 Å². The SMILES string of the molecule is N#Cc1ccc(OCCSc2nnnn2Cc2ccccc2)cc1. The number of rotatable bonds is 7. The lowest BCUT2D eigenvalue weighted by molar-refractivity contribution is 0.343. The highest BCUT2D eigenvalue weighted by atomic mass is 32.2. The van der Waals surface area contributed by atoms with E-state index < -0.39 is 0 Å². The summed E-state index contributed by atoms with van der Waals surface area (Å²) in [6.45, 7) is 1.18. The van der Waals surface area contributed by atoms with Crippen molar-refractivity contribution >= 4 is 11.8 Å². The molecule has 0 bridgehead atoms. The van der Waals surface area contributed by atoms with Gasteiger partial charge in [0.25, 0.3) is 0 Å². The predicted octanol–water partition coefficient (Wildman–Crippen LogP) is 2.76. The number of tetrazole rings is 1. The first-order valence-electron chi connectivity index (χ1n) is 7.41. The van der Waals surface area contributed by atoms with Gasteiger partial charge < -0.3 is 4.74 Å². The van der Waals surface area contributed by atoms with Crippen LogP contribution < -0.4 is 4.74 Å². The molecule has 1 aromatic heterocycles. The number of hydrogen-bond acceptors (Lipinski definition) is 6. The van der Waals surface area contributed by atoms with E-state index in [2.05, 4.69) is 21.6 Å². The Morgan fingerprint density at radius 1 is 1.08 bits per heavy atom. The topological polar surface area (TPSA) is 76.6 Å². The number of benzene rings is 2. The normalized spacial score (nSPS) is 10.3. The fourth-order valence-electron chi connectivity index (χ4n) is 2.07. The van der Waals surface area contributed by atoms with E-state index in [1.54, 1.807) is 40.7 Å². The van der Waals surface area contributed by atoms with Crippen molar-refractivity contribution in [3.05, 3.63) is 65.7 Å².